The van der Waals surface area contributed by atoms with Crippen molar-refractivity contribution >= 4 is 5.96 Å². The van der Waals surface area contributed by atoms with Crippen LogP contribution in [-0.4, -0.2) is 25.6 Å². The lowest BCUT2D eigenvalue weighted by Gasteiger charge is -2.08. The molecule has 0 aromatic heterocycles. The van der Waals surface area contributed by atoms with Gasteiger partial charge in [0, 0.05) is 19.6 Å². The summed E-state index contributed by atoms with van der Waals surface area (Å²) in [5.41, 5.74) is 1.44. The minimum absolute atomic E-state index is 0.907. The number of nitrogens with one attached hydrogen (secondary N) is 2. The van der Waals surface area contributed by atoms with Gasteiger partial charge in [-0.05, 0) is 38.7 Å². The third-order valence-electron chi connectivity index (χ3n) is 2.92. The Kier molecular flexibility index (Phi) is 8.52. The molecule has 3 heteroatoms. The predicted octanol–water partition coefficient (Wildman–Crippen LogP) is 2.97. The Morgan fingerprint density at radius 3 is 2.26 bits per heavy atom. The average molecular weight is 261 g/mol. The van der Waals surface area contributed by atoms with Gasteiger partial charge in [0.15, 0.2) is 5.96 Å². The van der Waals surface area contributed by atoms with Crippen molar-refractivity contribution in [1.82, 2.24) is 10.6 Å². The summed E-state index contributed by atoms with van der Waals surface area (Å²) in [6, 6.07) is 10.7. The molecule has 0 bridgehead atoms. The van der Waals surface area contributed by atoms with E-state index in [1.807, 2.05) is 0 Å². The predicted molar refractivity (Wildman–Crippen MR) is 83.7 cm³/mol. The number of nitrogens with zero attached hydrogens (tertiary/aromatic N) is 1. The Labute approximate surface area is 117 Å². The molecule has 0 unspecified atom stereocenters. The van der Waals surface area contributed by atoms with E-state index in [2.05, 4.69) is 59.8 Å². The van der Waals surface area contributed by atoms with E-state index < -0.39 is 0 Å². The summed E-state index contributed by atoms with van der Waals surface area (Å²) in [6.07, 6.45) is 4.83. The fourth-order valence-corrected chi connectivity index (χ4v) is 1.96. The lowest BCUT2D eigenvalue weighted by atomic mass is 10.1. The van der Waals surface area contributed by atoms with Crippen LogP contribution in [-0.2, 0) is 6.42 Å². The lowest BCUT2D eigenvalue weighted by molar-refractivity contribution is 0.682. The first kappa shape index (κ1) is 15.5. The largest absolute Gasteiger partial charge is 0.357 e. The zero-order chi connectivity index (χ0) is 13.8. The van der Waals surface area contributed by atoms with Crippen molar-refractivity contribution in [2.45, 2.75) is 39.5 Å². The Balaban J connectivity index is 2.11. The van der Waals surface area contributed by atoms with E-state index in [9.17, 15) is 0 Å². The van der Waals surface area contributed by atoms with Crippen molar-refractivity contribution in [2.75, 3.05) is 19.6 Å². The van der Waals surface area contributed by atoms with E-state index in [1.54, 1.807) is 0 Å². The number of guanidine groups is 1. The van der Waals surface area contributed by atoms with Gasteiger partial charge in [-0.1, -0.05) is 36.8 Å². The van der Waals surface area contributed by atoms with Crippen molar-refractivity contribution in [3.63, 3.8) is 0 Å². The number of aliphatic imine (C=N–C) groups is 1. The highest BCUT2D eigenvalue weighted by Gasteiger charge is 1.95. The molecule has 1 rings (SSSR count). The van der Waals surface area contributed by atoms with Gasteiger partial charge in [-0.15, -0.1) is 0 Å². The van der Waals surface area contributed by atoms with E-state index in [-0.39, 0.29) is 0 Å². The average Bonchev–Trinajstić information content (AvgIpc) is 2.44. The highest BCUT2D eigenvalue weighted by atomic mass is 15.2. The van der Waals surface area contributed by atoms with Gasteiger partial charge in [0.05, 0.1) is 0 Å². The quantitative estimate of drug-likeness (QED) is 0.429. The molecule has 19 heavy (non-hydrogen) atoms. The van der Waals surface area contributed by atoms with Crippen LogP contribution in [0.5, 0.6) is 0 Å². The van der Waals surface area contributed by atoms with Gasteiger partial charge < -0.3 is 10.6 Å². The standard InChI is InChI=1S/C16H27N3/c1-3-17-16(18-4-2)19-14-10-6-9-13-15-11-7-5-8-12-15/h5,7-8,11-12H,3-4,6,9-10,13-14H2,1-2H3,(H2,17,18,19). The Morgan fingerprint density at radius 1 is 0.947 bits per heavy atom. The number of benzene rings is 1. The monoisotopic (exact) mass is 261 g/mol. The first-order valence-corrected chi connectivity index (χ1v) is 7.43. The third kappa shape index (κ3) is 7.50. The molecular formula is C16H27N3. The Hall–Kier alpha value is -1.51. The molecule has 3 nitrogen and oxygen atoms in total. The molecule has 0 amide bonds. The molecule has 0 saturated carbocycles. The van der Waals surface area contributed by atoms with E-state index in [1.165, 1.54) is 24.8 Å². The first-order valence-electron chi connectivity index (χ1n) is 7.43. The minimum Gasteiger partial charge on any atom is -0.357 e. The summed E-state index contributed by atoms with van der Waals surface area (Å²) in [5.74, 6) is 0.938. The van der Waals surface area contributed by atoms with Crippen LogP contribution in [0.1, 0.15) is 38.7 Å². The zero-order valence-corrected chi connectivity index (χ0v) is 12.3. The van der Waals surface area contributed by atoms with Gasteiger partial charge in [0.25, 0.3) is 0 Å². The second-order valence-corrected chi connectivity index (χ2v) is 4.59. The van der Waals surface area contributed by atoms with Crippen molar-refractivity contribution in [1.29, 1.82) is 0 Å². The molecule has 0 aliphatic heterocycles. The van der Waals surface area contributed by atoms with Crippen LogP contribution < -0.4 is 10.6 Å². The molecule has 0 aliphatic carbocycles. The smallest absolute Gasteiger partial charge is 0.191 e. The summed E-state index contributed by atoms with van der Waals surface area (Å²) in [7, 11) is 0. The Morgan fingerprint density at radius 2 is 1.63 bits per heavy atom. The molecule has 1 aromatic carbocycles. The fourth-order valence-electron chi connectivity index (χ4n) is 1.96. The fraction of sp³-hybridized carbons (Fsp3) is 0.562. The van der Waals surface area contributed by atoms with E-state index in [0.717, 1.165) is 32.0 Å². The number of rotatable bonds is 8. The van der Waals surface area contributed by atoms with Crippen LogP contribution in [0, 0.1) is 0 Å². The topological polar surface area (TPSA) is 36.4 Å². The third-order valence-corrected chi connectivity index (χ3v) is 2.92. The molecule has 0 spiro atoms. The highest BCUT2D eigenvalue weighted by Crippen LogP contribution is 2.06. The molecule has 0 atom stereocenters. The maximum absolute atomic E-state index is 4.54. The molecule has 2 N–H and O–H groups in total. The van der Waals surface area contributed by atoms with Crippen molar-refractivity contribution in [2.24, 2.45) is 4.99 Å². The summed E-state index contributed by atoms with van der Waals surface area (Å²) in [4.78, 5) is 4.54. The summed E-state index contributed by atoms with van der Waals surface area (Å²) >= 11 is 0. The molecule has 0 radical (unpaired) electrons. The van der Waals surface area contributed by atoms with Gasteiger partial charge in [0.1, 0.15) is 0 Å². The van der Waals surface area contributed by atoms with Crippen LogP contribution in [0.25, 0.3) is 0 Å². The van der Waals surface area contributed by atoms with Crippen LogP contribution in [0.3, 0.4) is 0 Å². The van der Waals surface area contributed by atoms with Crippen LogP contribution in [0.4, 0.5) is 0 Å². The van der Waals surface area contributed by atoms with Gasteiger partial charge in [-0.25, -0.2) is 0 Å². The number of unbranched alkanes of at least 4 members (excludes halogenated alkanes) is 2. The molecule has 0 saturated heterocycles. The summed E-state index contributed by atoms with van der Waals surface area (Å²) in [6.45, 7) is 6.92. The Bertz CT molecular complexity index is 338. The molecule has 106 valence electrons. The maximum atomic E-state index is 4.54. The summed E-state index contributed by atoms with van der Waals surface area (Å²) in [5, 5.41) is 6.48. The summed E-state index contributed by atoms with van der Waals surface area (Å²) < 4.78 is 0. The van der Waals surface area contributed by atoms with Crippen molar-refractivity contribution in [3.05, 3.63) is 35.9 Å². The van der Waals surface area contributed by atoms with E-state index >= 15 is 0 Å². The van der Waals surface area contributed by atoms with Crippen LogP contribution in [0.2, 0.25) is 0 Å². The SMILES string of the molecule is CCNC(=NCCCCCc1ccccc1)NCC. The number of hydrogen-bond acceptors (Lipinski definition) is 1. The second kappa shape index (κ2) is 10.4. The molecule has 0 aliphatic rings. The van der Waals surface area contributed by atoms with Gasteiger partial charge >= 0.3 is 0 Å². The number of aryl methyl sites for hydroxylation is 1. The molecule has 0 heterocycles. The number of hydrogen-bond donors (Lipinski definition) is 2. The van der Waals surface area contributed by atoms with Gasteiger partial charge in [0.2, 0.25) is 0 Å². The molecule has 1 aromatic rings. The van der Waals surface area contributed by atoms with Crippen LogP contribution in [0.15, 0.2) is 35.3 Å². The molecular weight excluding hydrogens is 234 g/mol. The van der Waals surface area contributed by atoms with E-state index in [0.29, 0.717) is 0 Å². The van der Waals surface area contributed by atoms with Crippen molar-refractivity contribution < 1.29 is 0 Å². The van der Waals surface area contributed by atoms with Crippen LogP contribution >= 0.6 is 0 Å². The van der Waals surface area contributed by atoms with E-state index in [4.69, 9.17) is 0 Å². The minimum atomic E-state index is 0.907. The van der Waals surface area contributed by atoms with Crippen molar-refractivity contribution in [3.8, 4) is 0 Å². The highest BCUT2D eigenvalue weighted by molar-refractivity contribution is 5.79. The molecule has 0 fully saturated rings. The lowest BCUT2D eigenvalue weighted by Crippen LogP contribution is -2.37. The maximum Gasteiger partial charge on any atom is 0.191 e. The zero-order valence-electron chi connectivity index (χ0n) is 12.3. The van der Waals surface area contributed by atoms with Gasteiger partial charge in [-0.3, -0.25) is 4.99 Å². The second-order valence-electron chi connectivity index (χ2n) is 4.59. The van der Waals surface area contributed by atoms with Gasteiger partial charge in [-0.2, -0.15) is 0 Å². The normalized spacial score (nSPS) is 10.0. The first-order chi connectivity index (χ1) is 9.36.